The molecule has 1 atom stereocenters. The highest BCUT2D eigenvalue weighted by atomic mass is 35.5. The van der Waals surface area contributed by atoms with Crippen LogP contribution < -0.4 is 0 Å². The van der Waals surface area contributed by atoms with Gasteiger partial charge in [0.25, 0.3) is 0 Å². The van der Waals surface area contributed by atoms with Crippen molar-refractivity contribution >= 4 is 27.2 Å². The quantitative estimate of drug-likeness (QED) is 0.855. The summed E-state index contributed by atoms with van der Waals surface area (Å²) in [4.78, 5) is 12.3. The van der Waals surface area contributed by atoms with Crippen LogP contribution in [0.5, 0.6) is 0 Å². The second-order valence-corrected chi connectivity index (χ2v) is 7.77. The van der Waals surface area contributed by atoms with Crippen molar-refractivity contribution in [3.8, 4) is 6.07 Å². The molecule has 102 valence electrons. The average Bonchev–Trinajstić information content (AvgIpc) is 2.28. The van der Waals surface area contributed by atoms with Crippen molar-refractivity contribution in [3.05, 3.63) is 34.9 Å². The normalized spacial score (nSPS) is 13.6. The number of hydrogen-bond donors (Lipinski definition) is 0. The van der Waals surface area contributed by atoms with E-state index in [1.807, 2.05) is 6.07 Å². The molecular weight excluding hydrogens is 286 g/mol. The van der Waals surface area contributed by atoms with Crippen LogP contribution in [0.2, 0.25) is 5.02 Å². The minimum atomic E-state index is -3.61. The van der Waals surface area contributed by atoms with Gasteiger partial charge in [-0.05, 0) is 31.5 Å². The lowest BCUT2D eigenvalue weighted by molar-refractivity contribution is -0.121. The van der Waals surface area contributed by atoms with Gasteiger partial charge in [0.1, 0.15) is 10.7 Å². The molecule has 6 heteroatoms. The molecule has 0 heterocycles. The van der Waals surface area contributed by atoms with Crippen LogP contribution in [-0.4, -0.2) is 25.2 Å². The van der Waals surface area contributed by atoms with E-state index in [1.54, 1.807) is 18.2 Å². The summed E-state index contributed by atoms with van der Waals surface area (Å²) in [5.74, 6) is -1.80. The summed E-state index contributed by atoms with van der Waals surface area (Å²) in [6, 6.07) is 8.15. The maximum absolute atomic E-state index is 12.3. The molecule has 1 aromatic carbocycles. The monoisotopic (exact) mass is 299 g/mol. The molecule has 0 aliphatic carbocycles. The predicted molar refractivity (Wildman–Crippen MR) is 73.7 cm³/mol. The second kappa shape index (κ2) is 5.32. The van der Waals surface area contributed by atoms with Crippen molar-refractivity contribution in [2.24, 2.45) is 0 Å². The molecule has 1 aromatic rings. The third-order valence-electron chi connectivity index (χ3n) is 3.09. The average molecular weight is 300 g/mol. The lowest BCUT2D eigenvalue weighted by Gasteiger charge is -2.23. The van der Waals surface area contributed by atoms with Crippen LogP contribution >= 0.6 is 11.6 Å². The highest BCUT2D eigenvalue weighted by Crippen LogP contribution is 2.28. The maximum Gasteiger partial charge on any atom is 0.175 e. The molecule has 0 bridgehead atoms. The molecule has 19 heavy (non-hydrogen) atoms. The van der Waals surface area contributed by atoms with E-state index in [-0.39, 0.29) is 0 Å². The lowest BCUT2D eigenvalue weighted by Crippen LogP contribution is -2.42. The van der Waals surface area contributed by atoms with Crippen molar-refractivity contribution < 1.29 is 13.2 Å². The first kappa shape index (κ1) is 15.7. The van der Waals surface area contributed by atoms with Gasteiger partial charge in [-0.3, -0.25) is 4.79 Å². The molecule has 0 saturated carbocycles. The first-order chi connectivity index (χ1) is 8.61. The van der Waals surface area contributed by atoms with E-state index in [2.05, 4.69) is 0 Å². The van der Waals surface area contributed by atoms with E-state index < -0.39 is 26.3 Å². The maximum atomic E-state index is 12.3. The lowest BCUT2D eigenvalue weighted by atomic mass is 9.89. The minimum absolute atomic E-state index is 0.391. The van der Waals surface area contributed by atoms with Gasteiger partial charge in [-0.1, -0.05) is 23.7 Å². The number of nitrogens with zero attached hydrogens (tertiary/aromatic N) is 1. The Balaban J connectivity index is 3.27. The van der Waals surface area contributed by atoms with Gasteiger partial charge in [0.15, 0.2) is 15.6 Å². The summed E-state index contributed by atoms with van der Waals surface area (Å²) in [5, 5.41) is 9.55. The van der Waals surface area contributed by atoms with E-state index in [9.17, 15) is 13.2 Å². The van der Waals surface area contributed by atoms with E-state index in [4.69, 9.17) is 16.9 Å². The van der Waals surface area contributed by atoms with Crippen LogP contribution in [0.25, 0.3) is 0 Å². The van der Waals surface area contributed by atoms with Crippen LogP contribution in [0.4, 0.5) is 0 Å². The van der Waals surface area contributed by atoms with Gasteiger partial charge in [-0.15, -0.1) is 0 Å². The minimum Gasteiger partial charge on any atom is -0.296 e. The van der Waals surface area contributed by atoms with Gasteiger partial charge in [0.05, 0.1) is 6.07 Å². The zero-order valence-electron chi connectivity index (χ0n) is 10.8. The first-order valence-corrected chi connectivity index (χ1v) is 7.77. The highest BCUT2D eigenvalue weighted by Gasteiger charge is 2.42. The van der Waals surface area contributed by atoms with Crippen molar-refractivity contribution in [2.75, 3.05) is 6.26 Å². The van der Waals surface area contributed by atoms with Gasteiger partial charge in [-0.2, -0.15) is 5.26 Å². The fourth-order valence-corrected chi connectivity index (χ4v) is 2.18. The third-order valence-corrected chi connectivity index (χ3v) is 5.38. The van der Waals surface area contributed by atoms with E-state index in [1.165, 1.54) is 19.9 Å². The number of hydrogen-bond acceptors (Lipinski definition) is 4. The fraction of sp³-hybridized carbons (Fsp3) is 0.385. The van der Waals surface area contributed by atoms with E-state index >= 15 is 0 Å². The SMILES string of the molecule is CC(C)(C(=O)C(C#N)c1cccc(Cl)c1)S(C)(=O)=O. The third kappa shape index (κ3) is 3.14. The Kier molecular flexibility index (Phi) is 4.39. The summed E-state index contributed by atoms with van der Waals surface area (Å²) >= 11 is 5.82. The standard InChI is InChI=1S/C13H14ClNO3S/c1-13(2,19(3,17)18)12(16)11(8-15)9-5-4-6-10(14)7-9/h4-7,11H,1-3H3. The van der Waals surface area contributed by atoms with Crippen molar-refractivity contribution in [1.29, 1.82) is 5.26 Å². The van der Waals surface area contributed by atoms with Crippen LogP contribution in [0.15, 0.2) is 24.3 Å². The Bertz CT molecular complexity index is 644. The molecule has 0 radical (unpaired) electrons. The number of rotatable bonds is 4. The molecule has 0 saturated heterocycles. The fourth-order valence-electron chi connectivity index (χ4n) is 1.50. The zero-order chi connectivity index (χ0) is 14.8. The summed E-state index contributed by atoms with van der Waals surface area (Å²) in [5.41, 5.74) is 0.400. The van der Waals surface area contributed by atoms with Crippen LogP contribution in [0.1, 0.15) is 25.3 Å². The van der Waals surface area contributed by atoms with Gasteiger partial charge in [0.2, 0.25) is 0 Å². The smallest absolute Gasteiger partial charge is 0.175 e. The van der Waals surface area contributed by atoms with E-state index in [0.29, 0.717) is 10.6 Å². The predicted octanol–water partition coefficient (Wildman–Crippen LogP) is 2.34. The number of sulfone groups is 1. The Hall–Kier alpha value is -1.38. The van der Waals surface area contributed by atoms with Crippen LogP contribution in [0.3, 0.4) is 0 Å². The molecule has 0 N–H and O–H groups in total. The molecule has 0 aromatic heterocycles. The summed E-state index contributed by atoms with van der Waals surface area (Å²) in [7, 11) is -3.61. The second-order valence-electron chi connectivity index (χ2n) is 4.76. The highest BCUT2D eigenvalue weighted by molar-refractivity contribution is 7.92. The van der Waals surface area contributed by atoms with Gasteiger partial charge < -0.3 is 0 Å². The molecule has 4 nitrogen and oxygen atoms in total. The van der Waals surface area contributed by atoms with E-state index in [0.717, 1.165) is 6.26 Å². The Morgan fingerprint density at radius 3 is 2.42 bits per heavy atom. The molecule has 1 unspecified atom stereocenters. The Morgan fingerprint density at radius 1 is 1.42 bits per heavy atom. The van der Waals surface area contributed by atoms with Crippen LogP contribution in [0, 0.1) is 11.3 Å². The number of nitriles is 1. The Morgan fingerprint density at radius 2 is 2.00 bits per heavy atom. The molecule has 0 aliphatic rings. The summed E-state index contributed by atoms with van der Waals surface area (Å²) in [6.45, 7) is 2.61. The molecule has 1 rings (SSSR count). The van der Waals surface area contributed by atoms with Gasteiger partial charge >= 0.3 is 0 Å². The largest absolute Gasteiger partial charge is 0.296 e. The summed E-state index contributed by atoms with van der Waals surface area (Å²) in [6.07, 6.45) is 0.983. The Labute approximate surface area is 117 Å². The van der Waals surface area contributed by atoms with Crippen molar-refractivity contribution in [2.45, 2.75) is 24.5 Å². The number of benzene rings is 1. The molecule has 0 spiro atoms. The van der Waals surface area contributed by atoms with Crippen molar-refractivity contribution in [3.63, 3.8) is 0 Å². The molecular formula is C13H14ClNO3S. The number of ketones is 1. The molecule has 0 fully saturated rings. The topological polar surface area (TPSA) is 75.0 Å². The number of carbonyl (C=O) groups is 1. The number of Topliss-reactive ketones (excluding diaryl/α,β-unsaturated/α-hetero) is 1. The summed E-state index contributed by atoms with van der Waals surface area (Å²) < 4.78 is 21.7. The van der Waals surface area contributed by atoms with Crippen LogP contribution in [-0.2, 0) is 14.6 Å². The zero-order valence-corrected chi connectivity index (χ0v) is 12.4. The van der Waals surface area contributed by atoms with Gasteiger partial charge in [0, 0.05) is 11.3 Å². The number of halogens is 1. The van der Waals surface area contributed by atoms with Gasteiger partial charge in [-0.25, -0.2) is 8.42 Å². The molecule has 0 aliphatic heterocycles. The first-order valence-electron chi connectivity index (χ1n) is 5.50. The van der Waals surface area contributed by atoms with Crippen molar-refractivity contribution in [1.82, 2.24) is 0 Å². The molecule has 0 amide bonds. The number of carbonyl (C=O) groups excluding carboxylic acids is 1.